The van der Waals surface area contributed by atoms with Gasteiger partial charge in [0.25, 0.3) is 0 Å². The highest BCUT2D eigenvalue weighted by Gasteiger charge is 2.25. The summed E-state index contributed by atoms with van der Waals surface area (Å²) in [6.45, 7) is 6.64. The van der Waals surface area contributed by atoms with Gasteiger partial charge < -0.3 is 10.2 Å². The molecule has 0 radical (unpaired) electrons. The Kier molecular flexibility index (Phi) is 3.03. The minimum atomic E-state index is 0.559. The lowest BCUT2D eigenvalue weighted by molar-refractivity contribution is 0.397. The summed E-state index contributed by atoms with van der Waals surface area (Å²) in [4.78, 5) is 6.79. The van der Waals surface area contributed by atoms with Crippen LogP contribution in [0.3, 0.4) is 0 Å². The number of hydrogen-bond donors (Lipinski definition) is 1. The summed E-state index contributed by atoms with van der Waals surface area (Å²) in [5, 5.41) is 6.76. The van der Waals surface area contributed by atoms with Gasteiger partial charge in [-0.3, -0.25) is 0 Å². The quantitative estimate of drug-likeness (QED) is 0.807. The van der Waals surface area contributed by atoms with Gasteiger partial charge in [0.2, 0.25) is 0 Å². The van der Waals surface area contributed by atoms with Gasteiger partial charge in [0, 0.05) is 36.8 Å². The lowest BCUT2D eigenvalue weighted by atomic mass is 10.1. The monoisotopic (exact) mass is 211 g/mol. The summed E-state index contributed by atoms with van der Waals surface area (Å²) in [6.07, 6.45) is 3.07. The Morgan fingerprint density at radius 2 is 2.57 bits per heavy atom. The molecule has 1 fully saturated rings. The van der Waals surface area contributed by atoms with E-state index in [1.807, 2.05) is 11.6 Å². The maximum Gasteiger partial charge on any atom is 0.185 e. The largest absolute Gasteiger partial charge is 0.343 e. The molecule has 2 unspecified atom stereocenters. The fourth-order valence-electron chi connectivity index (χ4n) is 1.83. The molecule has 2 heterocycles. The molecule has 1 saturated heterocycles. The maximum absolute atomic E-state index is 4.38. The van der Waals surface area contributed by atoms with E-state index in [9.17, 15) is 0 Å². The molecule has 14 heavy (non-hydrogen) atoms. The smallest absolute Gasteiger partial charge is 0.185 e. The van der Waals surface area contributed by atoms with Crippen LogP contribution in [0.25, 0.3) is 0 Å². The van der Waals surface area contributed by atoms with Crippen molar-refractivity contribution in [3.8, 4) is 0 Å². The van der Waals surface area contributed by atoms with Crippen LogP contribution in [0.4, 0.5) is 5.13 Å². The van der Waals surface area contributed by atoms with E-state index < -0.39 is 0 Å². The van der Waals surface area contributed by atoms with E-state index in [1.54, 1.807) is 11.3 Å². The summed E-state index contributed by atoms with van der Waals surface area (Å²) in [5.74, 6) is 0. The highest BCUT2D eigenvalue weighted by Crippen LogP contribution is 2.22. The third-order valence-electron chi connectivity index (χ3n) is 2.81. The molecular weight excluding hydrogens is 194 g/mol. The number of hydrogen-bond acceptors (Lipinski definition) is 4. The fourth-order valence-corrected chi connectivity index (χ4v) is 2.58. The van der Waals surface area contributed by atoms with Crippen molar-refractivity contribution in [1.29, 1.82) is 0 Å². The molecule has 1 N–H and O–H groups in total. The summed E-state index contributed by atoms with van der Waals surface area (Å²) < 4.78 is 0. The molecule has 0 spiro atoms. The van der Waals surface area contributed by atoms with E-state index in [2.05, 4.69) is 29.0 Å². The number of nitrogens with zero attached hydrogens (tertiary/aromatic N) is 2. The van der Waals surface area contributed by atoms with Crippen LogP contribution >= 0.6 is 11.3 Å². The zero-order chi connectivity index (χ0) is 9.97. The first-order valence-corrected chi connectivity index (χ1v) is 6.08. The first kappa shape index (κ1) is 9.93. The minimum Gasteiger partial charge on any atom is -0.343 e. The molecule has 0 saturated carbocycles. The first-order valence-electron chi connectivity index (χ1n) is 5.20. The van der Waals surface area contributed by atoms with E-state index in [1.165, 1.54) is 6.42 Å². The minimum absolute atomic E-state index is 0.559. The Morgan fingerprint density at radius 3 is 3.21 bits per heavy atom. The molecule has 0 amide bonds. The summed E-state index contributed by atoms with van der Waals surface area (Å²) in [5.41, 5.74) is 0. The van der Waals surface area contributed by atoms with E-state index in [0.29, 0.717) is 12.1 Å². The Labute approximate surface area is 89.1 Å². The van der Waals surface area contributed by atoms with Crippen LogP contribution < -0.4 is 10.2 Å². The third kappa shape index (κ3) is 1.91. The van der Waals surface area contributed by atoms with Crippen molar-refractivity contribution in [1.82, 2.24) is 10.3 Å². The van der Waals surface area contributed by atoms with Gasteiger partial charge in [0.1, 0.15) is 0 Å². The van der Waals surface area contributed by atoms with Crippen molar-refractivity contribution in [3.63, 3.8) is 0 Å². The Bertz CT molecular complexity index is 273. The topological polar surface area (TPSA) is 28.2 Å². The maximum atomic E-state index is 4.38. The van der Waals surface area contributed by atoms with Crippen LogP contribution in [-0.2, 0) is 0 Å². The van der Waals surface area contributed by atoms with Crippen molar-refractivity contribution in [2.45, 2.75) is 32.4 Å². The van der Waals surface area contributed by atoms with Crippen LogP contribution in [-0.4, -0.2) is 30.2 Å². The van der Waals surface area contributed by atoms with Crippen LogP contribution in [0, 0.1) is 0 Å². The van der Waals surface area contributed by atoms with Crippen molar-refractivity contribution >= 4 is 16.5 Å². The van der Waals surface area contributed by atoms with Crippen molar-refractivity contribution in [3.05, 3.63) is 11.6 Å². The SMILES string of the molecule is CCC1CN(c2nccs2)C(C)CN1. The zero-order valence-electron chi connectivity index (χ0n) is 8.73. The number of nitrogens with one attached hydrogen (secondary N) is 1. The molecule has 1 aromatic rings. The van der Waals surface area contributed by atoms with Crippen LogP contribution in [0.5, 0.6) is 0 Å². The molecule has 3 nitrogen and oxygen atoms in total. The van der Waals surface area contributed by atoms with Crippen molar-refractivity contribution in [2.75, 3.05) is 18.0 Å². The van der Waals surface area contributed by atoms with Crippen LogP contribution in [0.15, 0.2) is 11.6 Å². The second-order valence-electron chi connectivity index (χ2n) is 3.83. The van der Waals surface area contributed by atoms with E-state index in [-0.39, 0.29) is 0 Å². The number of piperazine rings is 1. The molecule has 0 bridgehead atoms. The zero-order valence-corrected chi connectivity index (χ0v) is 9.55. The van der Waals surface area contributed by atoms with Gasteiger partial charge in [-0.15, -0.1) is 11.3 Å². The lowest BCUT2D eigenvalue weighted by Crippen LogP contribution is -2.55. The lowest BCUT2D eigenvalue weighted by Gasteiger charge is -2.38. The molecule has 4 heteroatoms. The third-order valence-corrected chi connectivity index (χ3v) is 3.62. The number of thiazole rings is 1. The van der Waals surface area contributed by atoms with Gasteiger partial charge in [-0.1, -0.05) is 6.92 Å². The molecule has 1 aromatic heterocycles. The molecule has 0 aliphatic carbocycles. The van der Waals surface area contributed by atoms with Gasteiger partial charge in [-0.25, -0.2) is 4.98 Å². The fraction of sp³-hybridized carbons (Fsp3) is 0.700. The predicted octanol–water partition coefficient (Wildman–Crippen LogP) is 1.72. The standard InChI is InChI=1S/C10H17N3S/c1-3-9-7-13(8(2)6-12-9)10-11-4-5-14-10/h4-5,8-9,12H,3,6-7H2,1-2H3. The van der Waals surface area contributed by atoms with E-state index >= 15 is 0 Å². The van der Waals surface area contributed by atoms with Crippen LogP contribution in [0.1, 0.15) is 20.3 Å². The number of rotatable bonds is 2. The van der Waals surface area contributed by atoms with Gasteiger partial charge in [-0.05, 0) is 13.3 Å². The normalized spacial score (nSPS) is 28.0. The molecule has 1 aliphatic rings. The number of aromatic nitrogens is 1. The number of anilines is 1. The van der Waals surface area contributed by atoms with Gasteiger partial charge in [-0.2, -0.15) is 0 Å². The van der Waals surface area contributed by atoms with E-state index in [4.69, 9.17) is 0 Å². The van der Waals surface area contributed by atoms with Crippen LogP contribution in [0.2, 0.25) is 0 Å². The molecule has 0 aromatic carbocycles. The highest BCUT2D eigenvalue weighted by atomic mass is 32.1. The molecule has 2 atom stereocenters. The molecular formula is C10H17N3S. The van der Waals surface area contributed by atoms with E-state index in [0.717, 1.165) is 18.2 Å². The van der Waals surface area contributed by atoms with Gasteiger partial charge >= 0.3 is 0 Å². The van der Waals surface area contributed by atoms with Crippen molar-refractivity contribution in [2.24, 2.45) is 0 Å². The van der Waals surface area contributed by atoms with Crippen molar-refractivity contribution < 1.29 is 0 Å². The summed E-state index contributed by atoms with van der Waals surface area (Å²) in [7, 11) is 0. The second-order valence-corrected chi connectivity index (χ2v) is 4.70. The summed E-state index contributed by atoms with van der Waals surface area (Å²) >= 11 is 1.73. The van der Waals surface area contributed by atoms with Gasteiger partial charge in [0.05, 0.1) is 0 Å². The Hall–Kier alpha value is -0.610. The Balaban J connectivity index is 2.09. The average Bonchev–Trinajstić information content (AvgIpc) is 2.71. The second kappa shape index (κ2) is 4.28. The highest BCUT2D eigenvalue weighted by molar-refractivity contribution is 7.13. The predicted molar refractivity (Wildman–Crippen MR) is 61.0 cm³/mol. The van der Waals surface area contributed by atoms with Gasteiger partial charge in [0.15, 0.2) is 5.13 Å². The Morgan fingerprint density at radius 1 is 1.71 bits per heavy atom. The molecule has 2 rings (SSSR count). The summed E-state index contributed by atoms with van der Waals surface area (Å²) in [6, 6.07) is 1.18. The molecule has 78 valence electrons. The average molecular weight is 211 g/mol. The first-order chi connectivity index (χ1) is 6.81. The molecule has 1 aliphatic heterocycles.